The fourth-order valence-electron chi connectivity index (χ4n) is 2.20. The van der Waals surface area contributed by atoms with E-state index in [1.807, 2.05) is 54.8 Å². The number of nitrogens with zero attached hydrogens (tertiary/aromatic N) is 2. The number of carbonyl (C=O) groups excluding carboxylic acids is 1. The number of aromatic nitrogens is 1. The molecule has 23 heavy (non-hydrogen) atoms. The summed E-state index contributed by atoms with van der Waals surface area (Å²) >= 11 is 8.95. The van der Waals surface area contributed by atoms with Gasteiger partial charge in [-0.3, -0.25) is 4.79 Å². The zero-order valence-corrected chi connectivity index (χ0v) is 14.9. The van der Waals surface area contributed by atoms with E-state index in [0.29, 0.717) is 18.8 Å². The van der Waals surface area contributed by atoms with E-state index in [2.05, 4.69) is 4.98 Å². The number of amides is 1. The molecule has 2 heterocycles. The van der Waals surface area contributed by atoms with Crippen LogP contribution in [0, 0.1) is 0 Å². The number of hydrogen-bond acceptors (Lipinski definition) is 4. The highest BCUT2D eigenvalue weighted by molar-refractivity contribution is 7.16. The Morgan fingerprint density at radius 2 is 2.00 bits per heavy atom. The van der Waals surface area contributed by atoms with Crippen LogP contribution in [0.5, 0.6) is 0 Å². The van der Waals surface area contributed by atoms with Crippen LogP contribution >= 0.6 is 34.3 Å². The van der Waals surface area contributed by atoms with E-state index in [0.717, 1.165) is 19.8 Å². The van der Waals surface area contributed by atoms with Crippen LogP contribution in [0.25, 0.3) is 10.6 Å². The van der Waals surface area contributed by atoms with Crippen LogP contribution < -0.4 is 0 Å². The number of thiophene rings is 1. The normalized spacial score (nSPS) is 10.7. The van der Waals surface area contributed by atoms with Gasteiger partial charge in [0, 0.05) is 22.4 Å². The minimum absolute atomic E-state index is 0.0459. The molecule has 3 rings (SSSR count). The molecule has 0 aliphatic heterocycles. The molecule has 3 nitrogen and oxygen atoms in total. The van der Waals surface area contributed by atoms with Crippen molar-refractivity contribution in [2.45, 2.75) is 13.5 Å². The first-order valence-corrected chi connectivity index (χ1v) is 9.29. The fraction of sp³-hybridized carbons (Fsp3) is 0.176. The Bertz CT molecular complexity index is 798. The minimum Gasteiger partial charge on any atom is -0.332 e. The summed E-state index contributed by atoms with van der Waals surface area (Å²) in [5.74, 6) is -0.0459. The largest absolute Gasteiger partial charge is 0.332 e. The smallest absolute Gasteiger partial charge is 0.273 e. The Labute approximate surface area is 148 Å². The molecule has 0 unspecified atom stereocenters. The lowest BCUT2D eigenvalue weighted by atomic mass is 10.2. The van der Waals surface area contributed by atoms with Gasteiger partial charge in [0.05, 0.1) is 10.9 Å². The maximum absolute atomic E-state index is 12.7. The molecule has 3 aromatic rings. The lowest BCUT2D eigenvalue weighted by molar-refractivity contribution is 0.0749. The third-order valence-corrected chi connectivity index (χ3v) is 5.50. The van der Waals surface area contributed by atoms with Gasteiger partial charge in [-0.15, -0.1) is 22.7 Å². The summed E-state index contributed by atoms with van der Waals surface area (Å²) in [6.45, 7) is 3.16. The monoisotopic (exact) mass is 362 g/mol. The Kier molecular flexibility index (Phi) is 5.10. The van der Waals surface area contributed by atoms with Gasteiger partial charge in [-0.2, -0.15) is 0 Å². The second-order valence-electron chi connectivity index (χ2n) is 4.93. The summed E-state index contributed by atoms with van der Waals surface area (Å²) in [6, 6.07) is 13.7. The molecule has 118 valence electrons. The highest BCUT2D eigenvalue weighted by Crippen LogP contribution is 2.26. The summed E-state index contributed by atoms with van der Waals surface area (Å²) in [7, 11) is 0. The molecular weight excluding hydrogens is 348 g/mol. The summed E-state index contributed by atoms with van der Waals surface area (Å²) < 4.78 is 0.739. The Morgan fingerprint density at radius 3 is 2.65 bits per heavy atom. The number of thiazole rings is 1. The third-order valence-electron chi connectivity index (χ3n) is 3.39. The number of halogens is 1. The van der Waals surface area contributed by atoms with Crippen LogP contribution in [0.1, 0.15) is 22.3 Å². The van der Waals surface area contributed by atoms with Crippen LogP contribution in [-0.4, -0.2) is 22.3 Å². The van der Waals surface area contributed by atoms with E-state index >= 15 is 0 Å². The van der Waals surface area contributed by atoms with Crippen molar-refractivity contribution in [1.82, 2.24) is 9.88 Å². The van der Waals surface area contributed by atoms with Crippen LogP contribution in [0.15, 0.2) is 47.8 Å². The molecule has 0 aliphatic carbocycles. The molecule has 0 aliphatic rings. The lowest BCUT2D eigenvalue weighted by Gasteiger charge is -2.18. The summed E-state index contributed by atoms with van der Waals surface area (Å²) in [6.07, 6.45) is 0. The zero-order chi connectivity index (χ0) is 16.2. The van der Waals surface area contributed by atoms with Crippen molar-refractivity contribution in [1.29, 1.82) is 0 Å². The molecule has 0 saturated heterocycles. The van der Waals surface area contributed by atoms with Gasteiger partial charge in [0.25, 0.3) is 5.91 Å². The van der Waals surface area contributed by atoms with Crippen molar-refractivity contribution in [3.63, 3.8) is 0 Å². The number of carbonyl (C=O) groups is 1. The second-order valence-corrected chi connectivity index (χ2v) is 7.59. The van der Waals surface area contributed by atoms with Crippen LogP contribution in [0.3, 0.4) is 0 Å². The minimum atomic E-state index is -0.0459. The molecule has 1 amide bonds. The molecule has 0 fully saturated rings. The van der Waals surface area contributed by atoms with Crippen molar-refractivity contribution in [3.05, 3.63) is 62.8 Å². The fourth-order valence-corrected chi connectivity index (χ4v) is 4.10. The van der Waals surface area contributed by atoms with Gasteiger partial charge in [-0.25, -0.2) is 4.98 Å². The quantitative estimate of drug-likeness (QED) is 0.626. The van der Waals surface area contributed by atoms with Crippen LogP contribution in [0.4, 0.5) is 0 Å². The maximum atomic E-state index is 12.7. The van der Waals surface area contributed by atoms with Gasteiger partial charge in [0.15, 0.2) is 0 Å². The van der Waals surface area contributed by atoms with E-state index in [1.165, 1.54) is 22.7 Å². The molecular formula is C17H15ClN2OS2. The summed E-state index contributed by atoms with van der Waals surface area (Å²) in [5.41, 5.74) is 1.53. The molecule has 1 aromatic carbocycles. The first-order valence-electron chi connectivity index (χ1n) is 7.22. The third kappa shape index (κ3) is 3.80. The van der Waals surface area contributed by atoms with Gasteiger partial charge in [0.1, 0.15) is 10.7 Å². The molecule has 0 spiro atoms. The zero-order valence-electron chi connectivity index (χ0n) is 12.5. The van der Waals surface area contributed by atoms with Gasteiger partial charge in [-0.1, -0.05) is 41.9 Å². The molecule has 6 heteroatoms. The van der Waals surface area contributed by atoms with E-state index in [9.17, 15) is 4.79 Å². The van der Waals surface area contributed by atoms with E-state index in [4.69, 9.17) is 11.6 Å². The van der Waals surface area contributed by atoms with Crippen molar-refractivity contribution in [2.24, 2.45) is 0 Å². The molecule has 2 aromatic heterocycles. The predicted molar refractivity (Wildman–Crippen MR) is 97.3 cm³/mol. The molecule has 0 bridgehead atoms. The van der Waals surface area contributed by atoms with Crippen molar-refractivity contribution >= 4 is 40.2 Å². The average molecular weight is 363 g/mol. The lowest BCUT2D eigenvalue weighted by Crippen LogP contribution is -2.30. The number of benzene rings is 1. The van der Waals surface area contributed by atoms with Gasteiger partial charge < -0.3 is 4.90 Å². The Hall–Kier alpha value is -1.69. The maximum Gasteiger partial charge on any atom is 0.273 e. The van der Waals surface area contributed by atoms with Gasteiger partial charge >= 0.3 is 0 Å². The highest BCUT2D eigenvalue weighted by atomic mass is 35.5. The SMILES string of the molecule is CCN(Cc1ccc(Cl)s1)C(=O)c1csc(-c2ccccc2)n1. The Morgan fingerprint density at radius 1 is 1.22 bits per heavy atom. The topological polar surface area (TPSA) is 33.2 Å². The van der Waals surface area contributed by atoms with Gasteiger partial charge in [0.2, 0.25) is 0 Å². The van der Waals surface area contributed by atoms with Crippen molar-refractivity contribution < 1.29 is 4.79 Å². The highest BCUT2D eigenvalue weighted by Gasteiger charge is 2.18. The average Bonchev–Trinajstić information content (AvgIpc) is 3.22. The summed E-state index contributed by atoms with van der Waals surface area (Å²) in [5, 5.41) is 2.69. The number of rotatable bonds is 5. The van der Waals surface area contributed by atoms with E-state index in [-0.39, 0.29) is 5.91 Å². The van der Waals surface area contributed by atoms with E-state index < -0.39 is 0 Å². The van der Waals surface area contributed by atoms with Crippen LogP contribution in [-0.2, 0) is 6.54 Å². The molecule has 0 radical (unpaired) electrons. The van der Waals surface area contributed by atoms with Crippen LogP contribution in [0.2, 0.25) is 4.34 Å². The molecule has 0 N–H and O–H groups in total. The first-order chi connectivity index (χ1) is 11.2. The second kappa shape index (κ2) is 7.25. The van der Waals surface area contributed by atoms with Crippen molar-refractivity contribution in [2.75, 3.05) is 6.54 Å². The summed E-state index contributed by atoms with van der Waals surface area (Å²) in [4.78, 5) is 20.0. The molecule has 0 atom stereocenters. The Balaban J connectivity index is 1.77. The van der Waals surface area contributed by atoms with Crippen molar-refractivity contribution in [3.8, 4) is 10.6 Å². The first kappa shape index (κ1) is 16.2. The standard InChI is InChI=1S/C17H15ClN2OS2/c1-2-20(10-13-8-9-15(18)23-13)17(21)14-11-22-16(19-14)12-6-4-3-5-7-12/h3-9,11H,2,10H2,1H3. The number of hydrogen-bond donors (Lipinski definition) is 0. The van der Waals surface area contributed by atoms with E-state index in [1.54, 1.807) is 4.90 Å². The molecule has 0 saturated carbocycles. The predicted octanol–water partition coefficient (Wildman–Crippen LogP) is 5.19. The van der Waals surface area contributed by atoms with Gasteiger partial charge in [-0.05, 0) is 19.1 Å².